The zero-order valence-electron chi connectivity index (χ0n) is 18.6. The van der Waals surface area contributed by atoms with Crippen molar-refractivity contribution in [1.82, 2.24) is 0 Å². The molecule has 0 radical (unpaired) electrons. The first kappa shape index (κ1) is 25.0. The smallest absolute Gasteiger partial charge is 0.169 e. The van der Waals surface area contributed by atoms with E-state index >= 15 is 0 Å². The summed E-state index contributed by atoms with van der Waals surface area (Å²) in [5.74, 6) is 1.52. The first-order valence-electron chi connectivity index (χ1n) is 10.6. The molecule has 0 amide bonds. The van der Waals surface area contributed by atoms with Crippen molar-refractivity contribution in [2.24, 2.45) is 0 Å². The summed E-state index contributed by atoms with van der Waals surface area (Å²) < 4.78 is 5.85. The number of hydrogen-bond donors (Lipinski definition) is 1. The molecule has 2 nitrogen and oxygen atoms in total. The van der Waals surface area contributed by atoms with Gasteiger partial charge in [-0.25, -0.2) is 0 Å². The average molecular weight is 373 g/mol. The molecular formula is C25H40O2. The molecule has 0 unspecified atom stereocenters. The highest BCUT2D eigenvalue weighted by Crippen LogP contribution is 2.33. The van der Waals surface area contributed by atoms with Crippen molar-refractivity contribution in [1.29, 1.82) is 0 Å². The molecule has 0 saturated heterocycles. The predicted molar refractivity (Wildman–Crippen MR) is 119 cm³/mol. The Morgan fingerprint density at radius 1 is 0.741 bits per heavy atom. The van der Waals surface area contributed by atoms with Crippen molar-refractivity contribution >= 4 is 0 Å². The minimum Gasteiger partial charge on any atom is -0.504 e. The first-order valence-corrected chi connectivity index (χ1v) is 10.6. The van der Waals surface area contributed by atoms with Crippen LogP contribution in [0.25, 0.3) is 0 Å². The Morgan fingerprint density at radius 2 is 1.26 bits per heavy atom. The van der Waals surface area contributed by atoms with Gasteiger partial charge in [-0.15, -0.1) is 0 Å². The summed E-state index contributed by atoms with van der Waals surface area (Å²) in [6.45, 7) is 14.6. The Labute approximate surface area is 167 Å². The molecule has 2 heteroatoms. The third-order valence-corrected chi connectivity index (χ3v) is 4.03. The monoisotopic (exact) mass is 372 g/mol. The molecule has 0 spiro atoms. The van der Waals surface area contributed by atoms with Gasteiger partial charge < -0.3 is 9.84 Å². The van der Waals surface area contributed by atoms with Crippen LogP contribution in [0.1, 0.15) is 83.4 Å². The molecule has 0 heterocycles. The number of phenols is 1. The lowest BCUT2D eigenvalue weighted by Crippen LogP contribution is -1.93. The van der Waals surface area contributed by atoms with Crippen LogP contribution in [0.15, 0.2) is 36.4 Å². The summed E-state index contributed by atoms with van der Waals surface area (Å²) in [6, 6.07) is 11.6. The van der Waals surface area contributed by atoms with Gasteiger partial charge in [0.15, 0.2) is 11.5 Å². The van der Waals surface area contributed by atoms with E-state index in [0.717, 1.165) is 24.2 Å². The zero-order chi connectivity index (χ0) is 20.7. The van der Waals surface area contributed by atoms with Crippen LogP contribution in [0.4, 0.5) is 0 Å². The fourth-order valence-corrected chi connectivity index (χ4v) is 2.60. The number of aryl methyl sites for hydroxylation is 3. The zero-order valence-corrected chi connectivity index (χ0v) is 18.6. The van der Waals surface area contributed by atoms with E-state index in [4.69, 9.17) is 4.74 Å². The van der Waals surface area contributed by atoms with Crippen LogP contribution in [0.3, 0.4) is 0 Å². The van der Waals surface area contributed by atoms with Crippen LogP contribution >= 0.6 is 0 Å². The van der Waals surface area contributed by atoms with Gasteiger partial charge in [0.05, 0.1) is 0 Å². The number of unbranched alkanes of at least 4 members (excludes halogenated alkanes) is 3. The van der Waals surface area contributed by atoms with Crippen molar-refractivity contribution in [3.63, 3.8) is 0 Å². The second-order valence-electron chi connectivity index (χ2n) is 6.64. The van der Waals surface area contributed by atoms with Crippen molar-refractivity contribution in [3.8, 4) is 17.2 Å². The number of rotatable bonds is 7. The van der Waals surface area contributed by atoms with Crippen LogP contribution < -0.4 is 4.74 Å². The Bertz CT molecular complexity index is 628. The van der Waals surface area contributed by atoms with Gasteiger partial charge in [-0.2, -0.15) is 0 Å². The highest BCUT2D eigenvalue weighted by atomic mass is 16.5. The Hall–Kier alpha value is -1.96. The van der Waals surface area contributed by atoms with Crippen LogP contribution in [0, 0.1) is 13.8 Å². The molecule has 2 aromatic carbocycles. The molecule has 0 aliphatic heterocycles. The molecule has 0 atom stereocenters. The van der Waals surface area contributed by atoms with Crippen molar-refractivity contribution in [3.05, 3.63) is 53.1 Å². The minimum absolute atomic E-state index is 0.183. The van der Waals surface area contributed by atoms with Gasteiger partial charge in [-0.1, -0.05) is 90.5 Å². The predicted octanol–water partition coefficient (Wildman–Crippen LogP) is 8.37. The van der Waals surface area contributed by atoms with Gasteiger partial charge >= 0.3 is 0 Å². The van der Waals surface area contributed by atoms with E-state index in [1.54, 1.807) is 12.1 Å². The molecule has 0 aromatic heterocycles. The lowest BCUT2D eigenvalue weighted by Gasteiger charge is -2.13. The van der Waals surface area contributed by atoms with E-state index in [1.807, 2.05) is 39.0 Å². The quantitative estimate of drug-likeness (QED) is 0.495. The Kier molecular flexibility index (Phi) is 14.0. The molecule has 0 bridgehead atoms. The van der Waals surface area contributed by atoms with Crippen molar-refractivity contribution in [2.45, 2.75) is 87.0 Å². The third-order valence-electron chi connectivity index (χ3n) is 4.03. The van der Waals surface area contributed by atoms with E-state index < -0.39 is 0 Å². The van der Waals surface area contributed by atoms with Gasteiger partial charge in [0.1, 0.15) is 5.75 Å². The standard InChI is InChI=1S/C17H20O2.C6H14.C2H6/c1-4-5-14-10-12(2)6-8-16(14)19-17-9-7-13(3)11-15(17)18;1-3-5-6-4-2;1-2/h6-11,18H,4-5H2,1-3H3;3-6H2,1-2H3;1-2H3. The molecule has 0 fully saturated rings. The SMILES string of the molecule is CC.CCCCCC.CCCc1cc(C)ccc1Oc1ccc(C)cc1O. The lowest BCUT2D eigenvalue weighted by atomic mass is 10.1. The largest absolute Gasteiger partial charge is 0.504 e. The molecule has 27 heavy (non-hydrogen) atoms. The molecular weight excluding hydrogens is 332 g/mol. The molecule has 0 aliphatic rings. The van der Waals surface area contributed by atoms with E-state index in [1.165, 1.54) is 36.8 Å². The van der Waals surface area contributed by atoms with Gasteiger partial charge in [-0.3, -0.25) is 0 Å². The van der Waals surface area contributed by atoms with E-state index in [-0.39, 0.29) is 5.75 Å². The first-order chi connectivity index (χ1) is 13.0. The van der Waals surface area contributed by atoms with E-state index in [9.17, 15) is 5.11 Å². The van der Waals surface area contributed by atoms with Crippen molar-refractivity contribution < 1.29 is 9.84 Å². The van der Waals surface area contributed by atoms with E-state index in [0.29, 0.717) is 5.75 Å². The number of ether oxygens (including phenoxy) is 1. The summed E-state index contributed by atoms with van der Waals surface area (Å²) in [4.78, 5) is 0. The number of benzene rings is 2. The fourth-order valence-electron chi connectivity index (χ4n) is 2.60. The maximum Gasteiger partial charge on any atom is 0.169 e. The summed E-state index contributed by atoms with van der Waals surface area (Å²) in [6.07, 6.45) is 7.58. The van der Waals surface area contributed by atoms with Gasteiger partial charge in [0.25, 0.3) is 0 Å². The Morgan fingerprint density at radius 3 is 1.74 bits per heavy atom. The second-order valence-corrected chi connectivity index (χ2v) is 6.64. The minimum atomic E-state index is 0.183. The lowest BCUT2D eigenvalue weighted by molar-refractivity contribution is 0.408. The van der Waals surface area contributed by atoms with E-state index in [2.05, 4.69) is 33.8 Å². The summed E-state index contributed by atoms with van der Waals surface area (Å²) in [5.41, 5.74) is 3.42. The average Bonchev–Trinajstić information content (AvgIpc) is 2.66. The maximum atomic E-state index is 9.90. The highest BCUT2D eigenvalue weighted by Gasteiger charge is 2.08. The number of phenolic OH excluding ortho intramolecular Hbond substituents is 1. The highest BCUT2D eigenvalue weighted by molar-refractivity contribution is 5.46. The van der Waals surface area contributed by atoms with Gasteiger partial charge in [-0.05, 0) is 49.6 Å². The molecule has 1 N–H and O–H groups in total. The maximum absolute atomic E-state index is 9.90. The third kappa shape index (κ3) is 10.1. The molecule has 2 aromatic rings. The summed E-state index contributed by atoms with van der Waals surface area (Å²) in [7, 11) is 0. The Balaban J connectivity index is 0.000000722. The number of aromatic hydroxyl groups is 1. The summed E-state index contributed by atoms with van der Waals surface area (Å²) >= 11 is 0. The molecule has 152 valence electrons. The van der Waals surface area contributed by atoms with Crippen molar-refractivity contribution in [2.75, 3.05) is 0 Å². The van der Waals surface area contributed by atoms with Crippen LogP contribution in [0.5, 0.6) is 17.2 Å². The van der Waals surface area contributed by atoms with Crippen LogP contribution in [0.2, 0.25) is 0 Å². The van der Waals surface area contributed by atoms with Gasteiger partial charge in [0, 0.05) is 0 Å². The normalized spacial score (nSPS) is 9.59. The summed E-state index contributed by atoms with van der Waals surface area (Å²) in [5, 5.41) is 9.90. The topological polar surface area (TPSA) is 29.5 Å². The molecule has 0 saturated carbocycles. The number of hydrogen-bond acceptors (Lipinski definition) is 2. The second kappa shape index (κ2) is 15.1. The van der Waals surface area contributed by atoms with Crippen LogP contribution in [-0.2, 0) is 6.42 Å². The fraction of sp³-hybridized carbons (Fsp3) is 0.520. The van der Waals surface area contributed by atoms with Crippen LogP contribution in [-0.4, -0.2) is 5.11 Å². The molecule has 0 aliphatic carbocycles. The van der Waals surface area contributed by atoms with Gasteiger partial charge in [0.2, 0.25) is 0 Å². The molecule has 2 rings (SSSR count).